The number of aryl methyl sites for hydroxylation is 2. The molecule has 2 saturated heterocycles. The Bertz CT molecular complexity index is 1170. The lowest BCUT2D eigenvalue weighted by atomic mass is 10.00. The van der Waals surface area contributed by atoms with Gasteiger partial charge in [-0.05, 0) is 45.6 Å². The van der Waals surface area contributed by atoms with Crippen molar-refractivity contribution in [2.75, 3.05) is 26.2 Å². The van der Waals surface area contributed by atoms with Crippen molar-refractivity contribution in [2.24, 2.45) is 7.05 Å². The molecule has 2 aromatic heterocycles. The molecule has 0 unspecified atom stereocenters. The first-order valence-electron chi connectivity index (χ1n) is 11.5. The van der Waals surface area contributed by atoms with E-state index in [4.69, 9.17) is 16.3 Å². The molecule has 4 heterocycles. The normalized spacial score (nSPS) is 19.9. The number of rotatable bonds is 5. The summed E-state index contributed by atoms with van der Waals surface area (Å²) in [6, 6.07) is 1.10. The van der Waals surface area contributed by atoms with Crippen molar-refractivity contribution in [3.63, 3.8) is 0 Å². The molecule has 13 heteroatoms. The number of halogens is 4. The van der Waals surface area contributed by atoms with Gasteiger partial charge in [0.25, 0.3) is 0 Å². The van der Waals surface area contributed by atoms with Gasteiger partial charge in [0.1, 0.15) is 16.0 Å². The molecule has 0 aromatic carbocycles. The highest BCUT2D eigenvalue weighted by atomic mass is 35.5. The first-order valence-corrected chi connectivity index (χ1v) is 13.3. The van der Waals surface area contributed by atoms with E-state index in [1.165, 1.54) is 0 Å². The number of sulfonamides is 1. The summed E-state index contributed by atoms with van der Waals surface area (Å²) in [5.41, 5.74) is 0.234. The molecule has 0 bridgehead atoms. The SMILES string of the molecule is Cc1nn(C)c(C)c1S(=O)(=O)N1CCC(N2CCC(Oc3ncc(C(F)(F)F)cc3Cl)CC2)CC1. The highest BCUT2D eigenvalue weighted by Gasteiger charge is 2.36. The molecule has 0 saturated carbocycles. The van der Waals surface area contributed by atoms with Crippen LogP contribution in [0.3, 0.4) is 0 Å². The van der Waals surface area contributed by atoms with E-state index in [0.717, 1.165) is 38.2 Å². The van der Waals surface area contributed by atoms with Gasteiger partial charge in [0.2, 0.25) is 15.9 Å². The third-order valence-corrected chi connectivity index (χ3v) is 9.29. The zero-order chi connectivity index (χ0) is 25.5. The molecule has 8 nitrogen and oxygen atoms in total. The van der Waals surface area contributed by atoms with E-state index in [-0.39, 0.29) is 23.0 Å². The number of alkyl halides is 3. The molecule has 0 aliphatic carbocycles. The molecular weight excluding hydrogens is 507 g/mol. The van der Waals surface area contributed by atoms with E-state index in [0.29, 0.717) is 42.2 Å². The lowest BCUT2D eigenvalue weighted by molar-refractivity contribution is -0.137. The molecule has 0 N–H and O–H groups in total. The van der Waals surface area contributed by atoms with Crippen molar-refractivity contribution in [1.29, 1.82) is 0 Å². The predicted octanol–water partition coefficient (Wildman–Crippen LogP) is 3.80. The molecule has 0 spiro atoms. The number of piperidine rings is 2. The summed E-state index contributed by atoms with van der Waals surface area (Å²) in [4.78, 5) is 6.40. The molecule has 2 aromatic rings. The van der Waals surface area contributed by atoms with Crippen molar-refractivity contribution < 1.29 is 26.3 Å². The van der Waals surface area contributed by atoms with Crippen LogP contribution in [0.2, 0.25) is 5.02 Å². The third-order valence-electron chi connectivity index (χ3n) is 6.87. The summed E-state index contributed by atoms with van der Waals surface area (Å²) < 4.78 is 73.8. The van der Waals surface area contributed by atoms with E-state index >= 15 is 0 Å². The Balaban J connectivity index is 1.30. The Morgan fingerprint density at radius 3 is 2.23 bits per heavy atom. The van der Waals surface area contributed by atoms with Crippen LogP contribution >= 0.6 is 11.6 Å². The van der Waals surface area contributed by atoms with Crippen LogP contribution in [0.1, 0.15) is 42.6 Å². The van der Waals surface area contributed by atoms with Gasteiger partial charge in [-0.3, -0.25) is 4.68 Å². The molecule has 2 fully saturated rings. The van der Waals surface area contributed by atoms with Crippen molar-refractivity contribution >= 4 is 21.6 Å². The molecular formula is C22H29ClF3N5O3S. The van der Waals surface area contributed by atoms with Gasteiger partial charge in [-0.2, -0.15) is 22.6 Å². The second-order valence-electron chi connectivity index (χ2n) is 9.12. The maximum atomic E-state index is 13.2. The van der Waals surface area contributed by atoms with Crippen molar-refractivity contribution in [1.82, 2.24) is 24.0 Å². The Morgan fingerprint density at radius 1 is 1.09 bits per heavy atom. The van der Waals surface area contributed by atoms with Gasteiger partial charge in [0.15, 0.2) is 0 Å². The van der Waals surface area contributed by atoms with E-state index in [9.17, 15) is 21.6 Å². The summed E-state index contributed by atoms with van der Waals surface area (Å²) in [6.07, 6.45) is -1.13. The topological polar surface area (TPSA) is 80.6 Å². The molecule has 0 radical (unpaired) electrons. The van der Waals surface area contributed by atoms with Crippen LogP contribution in [0.15, 0.2) is 17.2 Å². The van der Waals surface area contributed by atoms with Crippen molar-refractivity contribution in [2.45, 2.75) is 62.7 Å². The number of hydrogen-bond acceptors (Lipinski definition) is 6. The molecule has 35 heavy (non-hydrogen) atoms. The minimum Gasteiger partial charge on any atom is -0.473 e. The van der Waals surface area contributed by atoms with Crippen molar-refractivity contribution in [3.05, 3.63) is 34.2 Å². The minimum absolute atomic E-state index is 0.0117. The molecule has 194 valence electrons. The number of likely N-dealkylation sites (tertiary alicyclic amines) is 1. The summed E-state index contributed by atoms with van der Waals surface area (Å²) in [5.74, 6) is 0.0117. The highest BCUT2D eigenvalue weighted by molar-refractivity contribution is 7.89. The first kappa shape index (κ1) is 26.2. The summed E-state index contributed by atoms with van der Waals surface area (Å²) >= 11 is 5.96. The van der Waals surface area contributed by atoms with E-state index in [1.807, 2.05) is 0 Å². The second-order valence-corrected chi connectivity index (χ2v) is 11.4. The lowest BCUT2D eigenvalue weighted by Gasteiger charge is -2.41. The average molecular weight is 536 g/mol. The standard InChI is InChI=1S/C22H29ClF3N5O3S/c1-14-20(15(2)29(3)28-14)35(32,33)31-10-4-17(5-11-31)30-8-6-18(7-9-30)34-21-19(23)12-16(13-27-21)22(24,25)26/h12-13,17-18H,4-11H2,1-3H3. The molecule has 2 aliphatic rings. The quantitative estimate of drug-likeness (QED) is 0.579. The predicted molar refractivity (Wildman–Crippen MR) is 124 cm³/mol. The van der Waals surface area contributed by atoms with E-state index in [2.05, 4.69) is 15.0 Å². The van der Waals surface area contributed by atoms with Crippen LogP contribution < -0.4 is 4.74 Å². The number of nitrogens with zero attached hydrogens (tertiary/aromatic N) is 5. The van der Waals surface area contributed by atoms with Gasteiger partial charge in [-0.25, -0.2) is 13.4 Å². The Hall–Kier alpha value is -1.89. The van der Waals surface area contributed by atoms with Gasteiger partial charge in [0, 0.05) is 45.5 Å². The minimum atomic E-state index is -4.51. The van der Waals surface area contributed by atoms with Gasteiger partial charge in [-0.15, -0.1) is 0 Å². The monoisotopic (exact) mass is 535 g/mol. The number of ether oxygens (including phenoxy) is 1. The largest absolute Gasteiger partial charge is 0.473 e. The van der Waals surface area contributed by atoms with Crippen LogP contribution in [0, 0.1) is 13.8 Å². The highest BCUT2D eigenvalue weighted by Crippen LogP contribution is 2.34. The van der Waals surface area contributed by atoms with E-state index < -0.39 is 21.8 Å². The zero-order valence-corrected chi connectivity index (χ0v) is 21.4. The zero-order valence-electron chi connectivity index (χ0n) is 19.8. The number of aromatic nitrogens is 3. The van der Waals surface area contributed by atoms with Crippen LogP contribution in [0.5, 0.6) is 5.88 Å². The first-order chi connectivity index (χ1) is 16.4. The average Bonchev–Trinajstić information content (AvgIpc) is 3.06. The smallest absolute Gasteiger partial charge is 0.417 e. The van der Waals surface area contributed by atoms with Gasteiger partial charge >= 0.3 is 6.18 Å². The summed E-state index contributed by atoms with van der Waals surface area (Å²) in [5, 5.41) is 4.09. The summed E-state index contributed by atoms with van der Waals surface area (Å²) in [6.45, 7) is 5.87. The van der Waals surface area contributed by atoms with Crippen LogP contribution in [0.25, 0.3) is 0 Å². The van der Waals surface area contributed by atoms with Crippen LogP contribution in [-0.4, -0.2) is 70.7 Å². The van der Waals surface area contributed by atoms with Gasteiger partial charge in [0.05, 0.1) is 17.0 Å². The molecule has 0 atom stereocenters. The fraction of sp³-hybridized carbons (Fsp3) is 0.636. The Morgan fingerprint density at radius 2 is 1.71 bits per heavy atom. The fourth-order valence-corrected chi connectivity index (χ4v) is 6.97. The van der Waals surface area contributed by atoms with Crippen molar-refractivity contribution in [3.8, 4) is 5.88 Å². The lowest BCUT2D eigenvalue weighted by Crippen LogP contribution is -2.50. The summed E-state index contributed by atoms with van der Waals surface area (Å²) in [7, 11) is -1.86. The van der Waals surface area contributed by atoms with E-state index in [1.54, 1.807) is 29.9 Å². The van der Waals surface area contributed by atoms with Gasteiger partial charge < -0.3 is 9.64 Å². The molecule has 4 rings (SSSR count). The molecule has 2 aliphatic heterocycles. The second kappa shape index (κ2) is 9.87. The number of hydrogen-bond donors (Lipinski definition) is 0. The fourth-order valence-electron chi connectivity index (χ4n) is 4.89. The van der Waals surface area contributed by atoms with Gasteiger partial charge in [-0.1, -0.05) is 11.6 Å². The van der Waals surface area contributed by atoms with Crippen LogP contribution in [0.4, 0.5) is 13.2 Å². The third kappa shape index (κ3) is 5.45. The van der Waals surface area contributed by atoms with Crippen LogP contribution in [-0.2, 0) is 23.2 Å². The Kier molecular flexibility index (Phi) is 7.38. The molecule has 0 amide bonds. The Labute approximate surface area is 208 Å². The number of pyridine rings is 1. The maximum Gasteiger partial charge on any atom is 0.417 e. The maximum absolute atomic E-state index is 13.2.